The molecule has 0 atom stereocenters. The maximum Gasteiger partial charge on any atom is 0.270 e. The molecule has 0 spiro atoms. The van der Waals surface area contributed by atoms with Crippen molar-refractivity contribution in [2.24, 2.45) is 0 Å². The zero-order chi connectivity index (χ0) is 15.0. The number of para-hydroxylation sites is 1. The molecule has 2 aromatic rings. The van der Waals surface area contributed by atoms with E-state index in [4.69, 9.17) is 0 Å². The smallest absolute Gasteiger partial charge is 0.270 e. The monoisotopic (exact) mass is 300 g/mol. The van der Waals surface area contributed by atoms with Crippen LogP contribution >= 0.6 is 11.3 Å². The Balaban J connectivity index is 2.06. The molecule has 0 radical (unpaired) electrons. The fraction of sp³-hybridized carbons (Fsp3) is 0.312. The number of nitrogens with zero attached hydrogens (tertiary/aromatic N) is 2. The Kier molecular flexibility index (Phi) is 3.59. The number of hydrogen-bond donors (Lipinski definition) is 0. The van der Waals surface area contributed by atoms with E-state index in [1.807, 2.05) is 32.0 Å². The van der Waals surface area contributed by atoms with Crippen molar-refractivity contribution in [3.05, 3.63) is 45.4 Å². The molecule has 0 fully saturated rings. The van der Waals surface area contributed by atoms with Gasteiger partial charge in [0.05, 0.1) is 16.4 Å². The van der Waals surface area contributed by atoms with Gasteiger partial charge in [0.15, 0.2) is 5.78 Å². The van der Waals surface area contributed by atoms with Gasteiger partial charge in [0.2, 0.25) is 0 Å². The van der Waals surface area contributed by atoms with E-state index in [2.05, 4.69) is 4.98 Å². The molecule has 1 aromatic carbocycles. The lowest BCUT2D eigenvalue weighted by Gasteiger charge is -2.21. The predicted molar refractivity (Wildman–Crippen MR) is 83.3 cm³/mol. The van der Waals surface area contributed by atoms with Crippen molar-refractivity contribution in [2.45, 2.75) is 26.7 Å². The summed E-state index contributed by atoms with van der Waals surface area (Å²) in [5, 5.41) is 0.884. The second kappa shape index (κ2) is 5.41. The van der Waals surface area contributed by atoms with Crippen molar-refractivity contribution in [1.29, 1.82) is 0 Å². The van der Waals surface area contributed by atoms with E-state index in [0.29, 0.717) is 29.8 Å². The lowest BCUT2D eigenvalue weighted by molar-refractivity contribution is 0.0975. The van der Waals surface area contributed by atoms with Crippen LogP contribution < -0.4 is 4.90 Å². The van der Waals surface area contributed by atoms with Crippen LogP contribution in [0.4, 0.5) is 5.69 Å². The molecule has 2 heterocycles. The van der Waals surface area contributed by atoms with Crippen LogP contribution in [-0.4, -0.2) is 23.2 Å². The number of carbonyl (C=O) groups is 2. The van der Waals surface area contributed by atoms with Crippen LogP contribution in [0.3, 0.4) is 0 Å². The number of hydrogen-bond acceptors (Lipinski definition) is 4. The highest BCUT2D eigenvalue weighted by atomic mass is 32.1. The van der Waals surface area contributed by atoms with Crippen molar-refractivity contribution in [3.8, 4) is 0 Å². The molecular formula is C16H16N2O2S. The first-order chi connectivity index (χ1) is 10.1. The molecular weight excluding hydrogens is 284 g/mol. The van der Waals surface area contributed by atoms with E-state index in [1.54, 1.807) is 11.0 Å². The highest BCUT2D eigenvalue weighted by Crippen LogP contribution is 2.29. The summed E-state index contributed by atoms with van der Waals surface area (Å²) in [6.45, 7) is 4.32. The Morgan fingerprint density at radius 3 is 2.76 bits per heavy atom. The number of carbonyl (C=O) groups excluding carboxylic acids is 2. The first kappa shape index (κ1) is 13.9. The number of benzene rings is 1. The van der Waals surface area contributed by atoms with Crippen LogP contribution in [0.2, 0.25) is 0 Å². The van der Waals surface area contributed by atoms with Gasteiger partial charge in [-0.05, 0) is 32.4 Å². The average Bonchev–Trinajstić information content (AvgIpc) is 2.71. The Bertz CT molecular complexity index is 721. The molecule has 3 rings (SSSR count). The highest BCUT2D eigenvalue weighted by Gasteiger charge is 2.27. The highest BCUT2D eigenvalue weighted by molar-refractivity contribution is 7.13. The van der Waals surface area contributed by atoms with E-state index < -0.39 is 0 Å². The third kappa shape index (κ3) is 2.49. The minimum atomic E-state index is -0.0553. The summed E-state index contributed by atoms with van der Waals surface area (Å²) in [7, 11) is 0. The Morgan fingerprint density at radius 2 is 2.05 bits per heavy atom. The van der Waals surface area contributed by atoms with Gasteiger partial charge in [0.25, 0.3) is 5.91 Å². The lowest BCUT2D eigenvalue weighted by atomic mass is 10.1. The van der Waals surface area contributed by atoms with Crippen molar-refractivity contribution >= 4 is 28.7 Å². The van der Waals surface area contributed by atoms with Crippen molar-refractivity contribution in [1.82, 2.24) is 4.98 Å². The van der Waals surface area contributed by atoms with E-state index >= 15 is 0 Å². The van der Waals surface area contributed by atoms with Crippen LogP contribution in [0, 0.1) is 13.8 Å². The molecule has 1 aliphatic rings. The normalized spacial score (nSPS) is 14.8. The SMILES string of the molecule is Cc1nc(C)c(C(=O)N2CCCC(=O)c3ccccc32)s1. The Morgan fingerprint density at radius 1 is 1.29 bits per heavy atom. The summed E-state index contributed by atoms with van der Waals surface area (Å²) in [4.78, 5) is 31.7. The molecule has 21 heavy (non-hydrogen) atoms. The van der Waals surface area contributed by atoms with Crippen LogP contribution in [0.5, 0.6) is 0 Å². The van der Waals surface area contributed by atoms with Gasteiger partial charge in [-0.15, -0.1) is 11.3 Å². The molecule has 4 nitrogen and oxygen atoms in total. The van der Waals surface area contributed by atoms with E-state index in [-0.39, 0.29) is 11.7 Å². The molecule has 0 aliphatic carbocycles. The Labute approximate surface area is 127 Å². The minimum absolute atomic E-state index is 0.0553. The minimum Gasteiger partial charge on any atom is -0.307 e. The zero-order valence-corrected chi connectivity index (χ0v) is 12.9. The number of thiazole rings is 1. The quantitative estimate of drug-likeness (QED) is 0.811. The van der Waals surface area contributed by atoms with Crippen LogP contribution in [0.25, 0.3) is 0 Å². The number of amides is 1. The summed E-state index contributed by atoms with van der Waals surface area (Å²) in [6.07, 6.45) is 1.18. The van der Waals surface area contributed by atoms with E-state index in [0.717, 1.165) is 16.4 Å². The van der Waals surface area contributed by atoms with Gasteiger partial charge in [-0.25, -0.2) is 4.98 Å². The standard InChI is InChI=1S/C16H16N2O2S/c1-10-15(21-11(2)17-10)16(20)18-9-5-8-14(19)12-6-3-4-7-13(12)18/h3-4,6-7H,5,8-9H2,1-2H3. The van der Waals surface area contributed by atoms with Gasteiger partial charge in [-0.3, -0.25) is 9.59 Å². The van der Waals surface area contributed by atoms with Gasteiger partial charge in [-0.1, -0.05) is 12.1 Å². The molecule has 0 unspecified atom stereocenters. The zero-order valence-electron chi connectivity index (χ0n) is 12.0. The third-order valence-corrected chi connectivity index (χ3v) is 4.68. The molecule has 1 amide bonds. The summed E-state index contributed by atoms with van der Waals surface area (Å²) in [5.74, 6) is 0.0540. The second-order valence-electron chi connectivity index (χ2n) is 5.15. The fourth-order valence-electron chi connectivity index (χ4n) is 2.66. The second-order valence-corrected chi connectivity index (χ2v) is 6.35. The number of rotatable bonds is 1. The Hall–Kier alpha value is -2.01. The number of aryl methyl sites for hydroxylation is 2. The van der Waals surface area contributed by atoms with Crippen LogP contribution in [0.15, 0.2) is 24.3 Å². The number of ketones is 1. The molecule has 0 bridgehead atoms. The largest absolute Gasteiger partial charge is 0.307 e. The molecule has 0 N–H and O–H groups in total. The summed E-state index contributed by atoms with van der Waals surface area (Å²) in [5.41, 5.74) is 2.12. The molecule has 0 saturated carbocycles. The number of fused-ring (bicyclic) bond motifs is 1. The molecule has 108 valence electrons. The number of Topliss-reactive ketones (excluding diaryl/α,β-unsaturated/α-hetero) is 1. The third-order valence-electron chi connectivity index (χ3n) is 3.62. The molecule has 1 aliphatic heterocycles. The van der Waals surface area contributed by atoms with Crippen LogP contribution in [-0.2, 0) is 0 Å². The summed E-state index contributed by atoms with van der Waals surface area (Å²) < 4.78 is 0. The first-order valence-electron chi connectivity index (χ1n) is 6.96. The van der Waals surface area contributed by atoms with Crippen molar-refractivity contribution in [3.63, 3.8) is 0 Å². The average molecular weight is 300 g/mol. The van der Waals surface area contributed by atoms with Gasteiger partial charge < -0.3 is 4.90 Å². The molecule has 0 saturated heterocycles. The lowest BCUT2D eigenvalue weighted by Crippen LogP contribution is -2.31. The van der Waals surface area contributed by atoms with Crippen molar-refractivity contribution < 1.29 is 9.59 Å². The summed E-state index contributed by atoms with van der Waals surface area (Å²) >= 11 is 1.41. The summed E-state index contributed by atoms with van der Waals surface area (Å²) in [6, 6.07) is 7.35. The van der Waals surface area contributed by atoms with Gasteiger partial charge in [0, 0.05) is 18.5 Å². The number of aromatic nitrogens is 1. The predicted octanol–water partition coefficient (Wildman–Crippen LogP) is 3.38. The van der Waals surface area contributed by atoms with E-state index in [1.165, 1.54) is 11.3 Å². The van der Waals surface area contributed by atoms with Gasteiger partial charge in [-0.2, -0.15) is 0 Å². The molecule has 5 heteroatoms. The number of anilines is 1. The maximum atomic E-state index is 12.8. The van der Waals surface area contributed by atoms with Crippen molar-refractivity contribution in [2.75, 3.05) is 11.4 Å². The maximum absolute atomic E-state index is 12.8. The van der Waals surface area contributed by atoms with Gasteiger partial charge in [0.1, 0.15) is 4.88 Å². The van der Waals surface area contributed by atoms with E-state index in [9.17, 15) is 9.59 Å². The van der Waals surface area contributed by atoms with Crippen LogP contribution in [0.1, 0.15) is 43.6 Å². The van der Waals surface area contributed by atoms with Gasteiger partial charge >= 0.3 is 0 Å². The topological polar surface area (TPSA) is 50.3 Å². The first-order valence-corrected chi connectivity index (χ1v) is 7.77. The molecule has 1 aromatic heterocycles. The fourth-order valence-corrected chi connectivity index (χ4v) is 3.53.